The highest BCUT2D eigenvalue weighted by molar-refractivity contribution is 7.91. The van der Waals surface area contributed by atoms with Gasteiger partial charge < -0.3 is 20.3 Å². The summed E-state index contributed by atoms with van der Waals surface area (Å²) < 4.78 is 46.9. The molecule has 3 fully saturated rings. The molecule has 3 N–H and O–H groups in total. The summed E-state index contributed by atoms with van der Waals surface area (Å²) in [6.07, 6.45) is 10.5. The number of unbranched alkanes of at least 4 members (excludes halogenated alkanes) is 3. The number of aromatic nitrogens is 3. The van der Waals surface area contributed by atoms with E-state index in [0.717, 1.165) is 19.3 Å². The molecule has 3 aliphatic rings. The topological polar surface area (TPSA) is 190 Å². The highest BCUT2D eigenvalue weighted by Gasteiger charge is 2.51. The molecule has 0 bridgehead atoms. The number of para-hydroxylation sites is 1. The minimum Gasteiger partial charge on any atom is -0.471 e. The van der Waals surface area contributed by atoms with E-state index in [1.807, 2.05) is 4.72 Å². The van der Waals surface area contributed by atoms with Gasteiger partial charge in [-0.1, -0.05) is 31.1 Å². The summed E-state index contributed by atoms with van der Waals surface area (Å²) >= 11 is 1.24. The molecular formula is C36H44FN7O7S2. The number of ether oxygens (including phenoxy) is 1. The summed E-state index contributed by atoms with van der Waals surface area (Å²) in [5.74, 6) is -2.56. The van der Waals surface area contributed by atoms with E-state index in [4.69, 9.17) is 4.74 Å². The number of carbonyl (C=O) groups excluding carboxylic acids is 4. The van der Waals surface area contributed by atoms with Crippen LogP contribution < -0.4 is 20.1 Å². The first-order valence-electron chi connectivity index (χ1n) is 17.9. The van der Waals surface area contributed by atoms with Gasteiger partial charge in [0.2, 0.25) is 27.7 Å². The Labute approximate surface area is 311 Å². The van der Waals surface area contributed by atoms with Gasteiger partial charge >= 0.3 is 0 Å². The molecule has 14 nitrogen and oxygen atoms in total. The summed E-state index contributed by atoms with van der Waals surface area (Å²) in [6.45, 7) is 2.44. The van der Waals surface area contributed by atoms with E-state index < -0.39 is 68.9 Å². The van der Waals surface area contributed by atoms with Crippen LogP contribution in [0.25, 0.3) is 11.0 Å². The number of thiazole rings is 1. The molecule has 4 amide bonds. The van der Waals surface area contributed by atoms with Crippen molar-refractivity contribution in [3.8, 4) is 5.88 Å². The zero-order valence-corrected chi connectivity index (χ0v) is 31.3. The first kappa shape index (κ1) is 38.2. The van der Waals surface area contributed by atoms with E-state index in [9.17, 15) is 32.0 Å². The quantitative estimate of drug-likeness (QED) is 0.135. The fraction of sp³-hybridized carbons (Fsp3) is 0.528. The van der Waals surface area contributed by atoms with Crippen LogP contribution in [0.2, 0.25) is 0 Å². The number of aryl methyl sites for hydroxylation is 1. The number of fused-ring (bicyclic) bond motifs is 1. The largest absolute Gasteiger partial charge is 0.471 e. The van der Waals surface area contributed by atoms with Crippen molar-refractivity contribution in [2.45, 2.75) is 101 Å². The highest BCUT2D eigenvalue weighted by atomic mass is 32.2. The molecule has 0 radical (unpaired) electrons. The van der Waals surface area contributed by atoms with E-state index in [-0.39, 0.29) is 30.1 Å². The van der Waals surface area contributed by atoms with Gasteiger partial charge in [0.25, 0.3) is 11.8 Å². The standard InChI is InChI=1S/C36H44FN7O7S2/c1-22-34(42-31-25(37)10-8-12-26(31)40-22)51-24-17-29(33(47)38-18-30(45)43-53(49,50)36(2)15-16-36)44(19-24)35(48)27(41-32(46)28-20-52-21-39-28)11-7-5-3-4-6-9-23-13-14-23/h6,8-10,12,20-21,23-24,27,29H,3-5,7,11,13-19H2,1-2H3,(H,38,47)(H,41,46)(H,43,45)/b9-6-/t24-,27+,29+/m1/s1. The third kappa shape index (κ3) is 9.54. The summed E-state index contributed by atoms with van der Waals surface area (Å²) in [4.78, 5) is 67.9. The number of halogens is 1. The van der Waals surface area contributed by atoms with Crippen molar-refractivity contribution >= 4 is 56.0 Å². The molecule has 3 aromatic rings. The predicted octanol–water partition coefficient (Wildman–Crippen LogP) is 3.71. The van der Waals surface area contributed by atoms with E-state index in [2.05, 4.69) is 37.7 Å². The zero-order chi connectivity index (χ0) is 37.8. The van der Waals surface area contributed by atoms with Crippen LogP contribution in [0.4, 0.5) is 4.39 Å². The SMILES string of the molecule is Cc1nc2cccc(F)c2nc1O[C@@H]1C[C@@H](C(=O)NCC(=O)NS(=O)(=O)C2(C)CC2)N(C(=O)[C@H](CCCCC/C=C\C2CC2)NC(=O)c2cscn2)C1. The van der Waals surface area contributed by atoms with Crippen molar-refractivity contribution in [3.63, 3.8) is 0 Å². The van der Waals surface area contributed by atoms with Gasteiger partial charge in [0.1, 0.15) is 35.1 Å². The molecule has 53 heavy (non-hydrogen) atoms. The maximum atomic E-state index is 14.6. The normalized spacial score (nSPS) is 19.9. The average molecular weight is 770 g/mol. The van der Waals surface area contributed by atoms with Gasteiger partial charge in [0, 0.05) is 11.8 Å². The number of carbonyl (C=O) groups is 4. The Bertz CT molecular complexity index is 1980. The average Bonchev–Trinajstić information content (AvgIpc) is 3.98. The molecule has 6 rings (SSSR count). The number of sulfonamides is 1. The van der Waals surface area contributed by atoms with Crippen molar-refractivity contribution in [3.05, 3.63) is 58.4 Å². The summed E-state index contributed by atoms with van der Waals surface area (Å²) in [7, 11) is -3.93. The Morgan fingerprint density at radius 1 is 1.15 bits per heavy atom. The molecule has 2 saturated carbocycles. The second-order valence-electron chi connectivity index (χ2n) is 14.2. The second kappa shape index (κ2) is 16.2. The molecule has 284 valence electrons. The van der Waals surface area contributed by atoms with Crippen LogP contribution in [-0.2, 0) is 24.4 Å². The number of amides is 4. The van der Waals surface area contributed by atoms with Crippen LogP contribution in [0, 0.1) is 18.7 Å². The van der Waals surface area contributed by atoms with Crippen LogP contribution in [0.3, 0.4) is 0 Å². The maximum Gasteiger partial charge on any atom is 0.271 e. The molecular weight excluding hydrogens is 726 g/mol. The fourth-order valence-corrected chi connectivity index (χ4v) is 7.97. The molecule has 3 atom stereocenters. The van der Waals surface area contributed by atoms with Crippen molar-refractivity contribution in [1.29, 1.82) is 0 Å². The molecule has 1 aromatic carbocycles. The molecule has 2 aliphatic carbocycles. The Balaban J connectivity index is 1.18. The Hall–Kier alpha value is -4.51. The van der Waals surface area contributed by atoms with Gasteiger partial charge in [-0.25, -0.2) is 27.8 Å². The van der Waals surface area contributed by atoms with Crippen molar-refractivity contribution in [2.24, 2.45) is 5.92 Å². The number of nitrogens with one attached hydrogen (secondary N) is 3. The number of likely N-dealkylation sites (tertiary alicyclic amines) is 1. The van der Waals surface area contributed by atoms with E-state index in [1.54, 1.807) is 18.4 Å². The third-order valence-electron chi connectivity index (χ3n) is 9.84. The van der Waals surface area contributed by atoms with Gasteiger partial charge in [-0.3, -0.25) is 23.9 Å². The van der Waals surface area contributed by atoms with Crippen LogP contribution in [-0.4, -0.2) is 87.9 Å². The fourth-order valence-electron chi connectivity index (χ4n) is 6.18. The van der Waals surface area contributed by atoms with Gasteiger partial charge in [-0.15, -0.1) is 11.3 Å². The minimum absolute atomic E-state index is 0.00203. The predicted molar refractivity (Wildman–Crippen MR) is 195 cm³/mol. The summed E-state index contributed by atoms with van der Waals surface area (Å²) in [6, 6.07) is 2.23. The number of hydrogen-bond donors (Lipinski definition) is 3. The Kier molecular flexibility index (Phi) is 11.7. The van der Waals surface area contributed by atoms with Crippen LogP contribution in [0.15, 0.2) is 41.2 Å². The lowest BCUT2D eigenvalue weighted by molar-refractivity contribution is -0.140. The lowest BCUT2D eigenvalue weighted by Crippen LogP contribution is -2.54. The Morgan fingerprint density at radius 3 is 2.66 bits per heavy atom. The number of benzene rings is 1. The number of allylic oxidation sites excluding steroid dienone is 2. The smallest absolute Gasteiger partial charge is 0.271 e. The molecule has 1 saturated heterocycles. The van der Waals surface area contributed by atoms with Gasteiger partial charge in [0.05, 0.1) is 28.9 Å². The van der Waals surface area contributed by atoms with Crippen molar-refractivity contribution in [1.82, 2.24) is 35.2 Å². The van der Waals surface area contributed by atoms with Crippen molar-refractivity contribution < 1.29 is 36.7 Å². The molecule has 1 aliphatic heterocycles. The number of hydrogen-bond acceptors (Lipinski definition) is 11. The highest BCUT2D eigenvalue weighted by Crippen LogP contribution is 2.42. The van der Waals surface area contributed by atoms with Gasteiger partial charge in [-0.2, -0.15) is 0 Å². The first-order chi connectivity index (χ1) is 25.3. The Morgan fingerprint density at radius 2 is 1.94 bits per heavy atom. The van der Waals surface area contributed by atoms with Crippen LogP contribution in [0.1, 0.15) is 87.3 Å². The minimum atomic E-state index is -3.93. The van der Waals surface area contributed by atoms with E-state index in [0.29, 0.717) is 42.8 Å². The number of rotatable bonds is 17. The molecule has 0 spiro atoms. The lowest BCUT2D eigenvalue weighted by atomic mass is 10.0. The van der Waals surface area contributed by atoms with Gasteiger partial charge in [-0.05, 0) is 76.8 Å². The molecule has 0 unspecified atom stereocenters. The molecule has 2 aromatic heterocycles. The maximum absolute atomic E-state index is 14.6. The van der Waals surface area contributed by atoms with E-state index >= 15 is 0 Å². The van der Waals surface area contributed by atoms with E-state index in [1.165, 1.54) is 53.6 Å². The third-order valence-corrected chi connectivity index (χ3v) is 12.6. The molecule has 17 heteroatoms. The van der Waals surface area contributed by atoms with Gasteiger partial charge in [0.15, 0.2) is 5.82 Å². The zero-order valence-electron chi connectivity index (χ0n) is 29.7. The second-order valence-corrected chi connectivity index (χ2v) is 17.1. The summed E-state index contributed by atoms with van der Waals surface area (Å²) in [5, 5.41) is 6.86. The monoisotopic (exact) mass is 769 g/mol. The first-order valence-corrected chi connectivity index (χ1v) is 20.3. The number of nitrogens with zero attached hydrogens (tertiary/aromatic N) is 4. The van der Waals surface area contributed by atoms with Crippen molar-refractivity contribution in [2.75, 3.05) is 13.1 Å². The lowest BCUT2D eigenvalue weighted by Gasteiger charge is -2.28. The van der Waals surface area contributed by atoms with Crippen LogP contribution >= 0.6 is 11.3 Å². The van der Waals surface area contributed by atoms with Crippen LogP contribution in [0.5, 0.6) is 5.88 Å². The molecule has 3 heterocycles. The summed E-state index contributed by atoms with van der Waals surface area (Å²) in [5.41, 5.74) is 2.38.